The van der Waals surface area contributed by atoms with Gasteiger partial charge in [-0.1, -0.05) is 66.4 Å². The number of nitrogens with zero attached hydrogens (tertiary/aromatic N) is 4. The van der Waals surface area contributed by atoms with Crippen LogP contribution >= 0.6 is 11.8 Å². The molecular formula is C24H18FN5O2S. The third-order valence-electron chi connectivity index (χ3n) is 5.14. The van der Waals surface area contributed by atoms with Gasteiger partial charge in [-0.25, -0.2) is 4.39 Å². The molecule has 2 heterocycles. The quantitative estimate of drug-likeness (QED) is 0.389. The molecule has 0 saturated heterocycles. The van der Waals surface area contributed by atoms with Crippen molar-refractivity contribution < 1.29 is 9.18 Å². The van der Waals surface area contributed by atoms with Crippen molar-refractivity contribution in [2.75, 3.05) is 11.1 Å². The number of rotatable bonds is 6. The van der Waals surface area contributed by atoms with Crippen molar-refractivity contribution in [3.05, 3.63) is 101 Å². The highest BCUT2D eigenvalue weighted by atomic mass is 32.2. The van der Waals surface area contributed by atoms with E-state index >= 15 is 0 Å². The predicted octanol–water partition coefficient (Wildman–Crippen LogP) is 3.96. The van der Waals surface area contributed by atoms with Crippen LogP contribution in [0.5, 0.6) is 0 Å². The highest BCUT2D eigenvalue weighted by molar-refractivity contribution is 7.99. The van der Waals surface area contributed by atoms with Gasteiger partial charge in [0.25, 0.3) is 5.56 Å². The Hall–Kier alpha value is -3.98. The van der Waals surface area contributed by atoms with E-state index in [9.17, 15) is 14.0 Å². The van der Waals surface area contributed by atoms with Crippen LogP contribution < -0.4 is 10.9 Å². The lowest BCUT2D eigenvalue weighted by Gasteiger charge is -2.11. The van der Waals surface area contributed by atoms with Crippen LogP contribution in [0.3, 0.4) is 0 Å². The molecule has 0 aliphatic carbocycles. The molecule has 5 aromatic rings. The van der Waals surface area contributed by atoms with Gasteiger partial charge in [0.1, 0.15) is 5.82 Å². The van der Waals surface area contributed by atoms with Crippen LogP contribution in [0.4, 0.5) is 10.1 Å². The number of para-hydroxylation sites is 2. The summed E-state index contributed by atoms with van der Waals surface area (Å²) in [6.45, 7) is 0.338. The van der Waals surface area contributed by atoms with Crippen LogP contribution in [0.25, 0.3) is 16.7 Å². The first-order valence-electron chi connectivity index (χ1n) is 10.2. The van der Waals surface area contributed by atoms with E-state index in [2.05, 4.69) is 15.5 Å². The van der Waals surface area contributed by atoms with Gasteiger partial charge in [-0.3, -0.25) is 18.6 Å². The maximum atomic E-state index is 13.8. The number of thioether (sulfide) groups is 1. The van der Waals surface area contributed by atoms with Crippen molar-refractivity contribution in [2.45, 2.75) is 11.7 Å². The van der Waals surface area contributed by atoms with Gasteiger partial charge in [-0.05, 0) is 29.8 Å². The Balaban J connectivity index is 1.51. The van der Waals surface area contributed by atoms with Crippen LogP contribution in [0, 0.1) is 5.82 Å². The normalized spacial score (nSPS) is 11.2. The molecule has 0 radical (unpaired) electrons. The van der Waals surface area contributed by atoms with Gasteiger partial charge in [-0.2, -0.15) is 0 Å². The first-order chi connectivity index (χ1) is 16.1. The van der Waals surface area contributed by atoms with E-state index < -0.39 is 5.82 Å². The first-order valence-corrected chi connectivity index (χ1v) is 11.2. The smallest absolute Gasteiger partial charge is 0.263 e. The molecule has 0 fully saturated rings. The fraction of sp³-hybridized carbons (Fsp3) is 0.0833. The largest absolute Gasteiger partial charge is 0.323 e. The van der Waals surface area contributed by atoms with Gasteiger partial charge >= 0.3 is 0 Å². The molecule has 164 valence electrons. The molecule has 0 aliphatic rings. The molecule has 0 aliphatic heterocycles. The van der Waals surface area contributed by atoms with Crippen molar-refractivity contribution >= 4 is 40.0 Å². The van der Waals surface area contributed by atoms with Gasteiger partial charge in [-0.15, -0.1) is 10.2 Å². The van der Waals surface area contributed by atoms with Crippen LogP contribution in [0.15, 0.2) is 88.8 Å². The molecular weight excluding hydrogens is 441 g/mol. The van der Waals surface area contributed by atoms with Gasteiger partial charge in [0.2, 0.25) is 11.7 Å². The molecule has 33 heavy (non-hydrogen) atoms. The molecule has 0 spiro atoms. The minimum atomic E-state index is -0.500. The average Bonchev–Trinajstić information content (AvgIpc) is 3.27. The van der Waals surface area contributed by atoms with Crippen molar-refractivity contribution in [3.63, 3.8) is 0 Å². The van der Waals surface area contributed by atoms with Crippen LogP contribution in [0.2, 0.25) is 0 Å². The molecule has 1 N–H and O–H groups in total. The maximum Gasteiger partial charge on any atom is 0.263 e. The van der Waals surface area contributed by atoms with E-state index in [0.717, 1.165) is 17.3 Å². The van der Waals surface area contributed by atoms with Crippen LogP contribution in [0.1, 0.15) is 5.56 Å². The number of hydrogen-bond acceptors (Lipinski definition) is 5. The van der Waals surface area contributed by atoms with Gasteiger partial charge in [0.05, 0.1) is 28.9 Å². The summed E-state index contributed by atoms with van der Waals surface area (Å²) in [4.78, 5) is 25.6. The summed E-state index contributed by atoms with van der Waals surface area (Å²) < 4.78 is 17.2. The molecule has 3 aromatic carbocycles. The van der Waals surface area contributed by atoms with E-state index in [1.165, 1.54) is 12.1 Å². The van der Waals surface area contributed by atoms with Gasteiger partial charge in [0.15, 0.2) is 5.16 Å². The van der Waals surface area contributed by atoms with Crippen LogP contribution in [-0.4, -0.2) is 30.8 Å². The zero-order valence-electron chi connectivity index (χ0n) is 17.3. The van der Waals surface area contributed by atoms with E-state index in [1.54, 1.807) is 33.2 Å². The monoisotopic (exact) mass is 459 g/mol. The molecule has 1 amide bonds. The molecule has 9 heteroatoms. The summed E-state index contributed by atoms with van der Waals surface area (Å²) in [5, 5.41) is 12.1. The highest BCUT2D eigenvalue weighted by Crippen LogP contribution is 2.22. The number of anilines is 1. The lowest BCUT2D eigenvalue weighted by atomic mass is 10.2. The lowest BCUT2D eigenvalue weighted by Crippen LogP contribution is -2.24. The zero-order valence-corrected chi connectivity index (χ0v) is 18.1. The number of fused-ring (bicyclic) bond motifs is 3. The Morgan fingerprint density at radius 2 is 1.67 bits per heavy atom. The van der Waals surface area contributed by atoms with E-state index in [0.29, 0.717) is 28.4 Å². The third kappa shape index (κ3) is 4.10. The number of hydrogen-bond donors (Lipinski definition) is 1. The molecule has 7 nitrogen and oxygen atoms in total. The predicted molar refractivity (Wildman–Crippen MR) is 126 cm³/mol. The third-order valence-corrected chi connectivity index (χ3v) is 6.07. The fourth-order valence-electron chi connectivity index (χ4n) is 3.61. The van der Waals surface area contributed by atoms with E-state index in [-0.39, 0.29) is 22.9 Å². The summed E-state index contributed by atoms with van der Waals surface area (Å²) >= 11 is 1.16. The Labute approximate surface area is 191 Å². The lowest BCUT2D eigenvalue weighted by molar-refractivity contribution is -0.113. The second-order valence-electron chi connectivity index (χ2n) is 7.33. The van der Waals surface area contributed by atoms with Gasteiger partial charge in [0, 0.05) is 0 Å². The fourth-order valence-corrected chi connectivity index (χ4v) is 4.35. The first kappa shape index (κ1) is 20.9. The maximum absolute atomic E-state index is 13.8. The minimum absolute atomic E-state index is 0.00126. The van der Waals surface area contributed by atoms with E-state index in [1.807, 2.05) is 42.5 Å². The Kier molecular flexibility index (Phi) is 5.62. The standard InChI is InChI=1S/C24H18FN5O2S/c25-18-11-5-6-12-19(18)26-21(31)15-33-24-28-27-23-29(14-16-8-2-1-3-9-16)22(32)17-10-4-7-13-20(17)30(23)24/h1-13H,14-15H2,(H,26,31). The second kappa shape index (κ2) is 8.87. The summed E-state index contributed by atoms with van der Waals surface area (Å²) in [6.07, 6.45) is 0. The zero-order chi connectivity index (χ0) is 22.8. The molecule has 0 saturated carbocycles. The number of amides is 1. The number of aromatic nitrogens is 4. The Morgan fingerprint density at radius 3 is 2.48 bits per heavy atom. The number of halogens is 1. The topological polar surface area (TPSA) is 81.3 Å². The average molecular weight is 460 g/mol. The Bertz CT molecular complexity index is 1530. The van der Waals surface area contributed by atoms with Gasteiger partial charge < -0.3 is 5.32 Å². The SMILES string of the molecule is O=C(CSc1nnc2n(Cc3ccccc3)c(=O)c3ccccc3n12)Nc1ccccc1F. The molecule has 0 bridgehead atoms. The highest BCUT2D eigenvalue weighted by Gasteiger charge is 2.18. The molecule has 0 unspecified atom stereocenters. The Morgan fingerprint density at radius 1 is 0.939 bits per heavy atom. The molecule has 2 aromatic heterocycles. The summed E-state index contributed by atoms with van der Waals surface area (Å²) in [5.74, 6) is -0.482. The van der Waals surface area contributed by atoms with Crippen molar-refractivity contribution in [3.8, 4) is 0 Å². The summed E-state index contributed by atoms with van der Waals surface area (Å²) in [7, 11) is 0. The number of benzene rings is 3. The minimum Gasteiger partial charge on any atom is -0.323 e. The van der Waals surface area contributed by atoms with Crippen molar-refractivity contribution in [1.82, 2.24) is 19.2 Å². The van der Waals surface area contributed by atoms with Crippen LogP contribution in [-0.2, 0) is 11.3 Å². The summed E-state index contributed by atoms with van der Waals surface area (Å²) in [6, 6.07) is 22.8. The summed E-state index contributed by atoms with van der Waals surface area (Å²) in [5.41, 5.74) is 1.57. The van der Waals surface area contributed by atoms with Crippen molar-refractivity contribution in [1.29, 1.82) is 0 Å². The number of nitrogens with one attached hydrogen (secondary N) is 1. The van der Waals surface area contributed by atoms with Crippen molar-refractivity contribution in [2.24, 2.45) is 0 Å². The molecule has 0 atom stereocenters. The number of carbonyl (C=O) groups excluding carboxylic acids is 1. The second-order valence-corrected chi connectivity index (χ2v) is 8.27. The molecule has 5 rings (SSSR count). The number of carbonyl (C=O) groups is 1. The van der Waals surface area contributed by atoms with E-state index in [4.69, 9.17) is 0 Å².